The number of nitrogens with zero attached hydrogens (tertiary/aromatic N) is 2. The van der Waals surface area contributed by atoms with Crippen molar-refractivity contribution in [2.24, 2.45) is 4.99 Å². The van der Waals surface area contributed by atoms with Gasteiger partial charge in [-0.05, 0) is 26.8 Å². The summed E-state index contributed by atoms with van der Waals surface area (Å²) in [7, 11) is 1.65. The van der Waals surface area contributed by atoms with Crippen molar-refractivity contribution in [3.8, 4) is 0 Å². The molecule has 2 rings (SSSR count). The molecule has 1 aromatic carbocycles. The molecule has 1 aromatic rings. The third-order valence-electron chi connectivity index (χ3n) is 3.50. The molecule has 1 saturated heterocycles. The molecule has 0 aromatic heterocycles. The van der Waals surface area contributed by atoms with Gasteiger partial charge in [0.1, 0.15) is 11.4 Å². The SMILES string of the molecule is CN=C(NCc1ccccc1F)NC1CN(C(=O)OC(C)(C)C)C1. The van der Waals surface area contributed by atoms with Crippen LogP contribution in [-0.2, 0) is 11.3 Å². The van der Waals surface area contributed by atoms with Crippen LogP contribution < -0.4 is 10.6 Å². The van der Waals surface area contributed by atoms with E-state index in [-0.39, 0.29) is 18.0 Å². The summed E-state index contributed by atoms with van der Waals surface area (Å²) in [4.78, 5) is 17.6. The van der Waals surface area contributed by atoms with Crippen LogP contribution in [0.15, 0.2) is 29.3 Å². The number of guanidine groups is 1. The molecule has 0 saturated carbocycles. The third kappa shape index (κ3) is 5.11. The van der Waals surface area contributed by atoms with Gasteiger partial charge < -0.3 is 20.3 Å². The normalized spacial score (nSPS) is 15.7. The second-order valence-corrected chi connectivity index (χ2v) is 6.74. The van der Waals surface area contributed by atoms with Crippen LogP contribution in [0.4, 0.5) is 9.18 Å². The molecule has 0 unspecified atom stereocenters. The van der Waals surface area contributed by atoms with E-state index in [0.29, 0.717) is 31.2 Å². The summed E-state index contributed by atoms with van der Waals surface area (Å²) in [6.07, 6.45) is -0.310. The van der Waals surface area contributed by atoms with Crippen molar-refractivity contribution in [1.82, 2.24) is 15.5 Å². The summed E-state index contributed by atoms with van der Waals surface area (Å²) < 4.78 is 18.9. The standard InChI is InChI=1S/C17H25FN4O2/c1-17(2,3)24-16(23)22-10-13(11-22)21-15(19-4)20-9-12-7-5-6-8-14(12)18/h5-8,13H,9-11H2,1-4H3,(H2,19,20,21). The molecule has 1 amide bonds. The maximum atomic E-state index is 13.6. The summed E-state index contributed by atoms with van der Waals surface area (Å²) in [6, 6.07) is 6.71. The van der Waals surface area contributed by atoms with Gasteiger partial charge in [0.25, 0.3) is 0 Å². The lowest BCUT2D eigenvalue weighted by atomic mass is 10.1. The Kier molecular flexibility index (Phi) is 5.64. The molecule has 1 fully saturated rings. The third-order valence-corrected chi connectivity index (χ3v) is 3.50. The van der Waals surface area contributed by atoms with E-state index >= 15 is 0 Å². The lowest BCUT2D eigenvalue weighted by Crippen LogP contribution is -2.63. The summed E-state index contributed by atoms with van der Waals surface area (Å²) in [5.74, 6) is 0.326. The Hall–Kier alpha value is -2.31. The Bertz CT molecular complexity index is 607. The Morgan fingerprint density at radius 2 is 2.04 bits per heavy atom. The summed E-state index contributed by atoms with van der Waals surface area (Å²) in [5.41, 5.74) is 0.0804. The highest BCUT2D eigenvalue weighted by molar-refractivity contribution is 5.80. The second kappa shape index (κ2) is 7.51. The van der Waals surface area contributed by atoms with Gasteiger partial charge in [-0.25, -0.2) is 9.18 Å². The summed E-state index contributed by atoms with van der Waals surface area (Å²) in [6.45, 7) is 6.97. The zero-order valence-electron chi connectivity index (χ0n) is 14.6. The number of benzene rings is 1. The molecule has 0 atom stereocenters. The van der Waals surface area contributed by atoms with E-state index < -0.39 is 5.60 Å². The summed E-state index contributed by atoms with van der Waals surface area (Å²) in [5, 5.41) is 6.28. The van der Waals surface area contributed by atoms with Gasteiger partial charge >= 0.3 is 6.09 Å². The van der Waals surface area contributed by atoms with Crippen LogP contribution in [0.3, 0.4) is 0 Å². The second-order valence-electron chi connectivity index (χ2n) is 6.74. The first-order valence-electron chi connectivity index (χ1n) is 7.97. The largest absolute Gasteiger partial charge is 0.444 e. The number of ether oxygens (including phenoxy) is 1. The number of nitrogens with one attached hydrogen (secondary N) is 2. The van der Waals surface area contributed by atoms with Gasteiger partial charge in [0.15, 0.2) is 5.96 Å². The average Bonchev–Trinajstić information content (AvgIpc) is 2.45. The van der Waals surface area contributed by atoms with E-state index in [1.165, 1.54) is 6.07 Å². The van der Waals surface area contributed by atoms with Crippen molar-refractivity contribution in [1.29, 1.82) is 0 Å². The average molecular weight is 336 g/mol. The molecule has 24 heavy (non-hydrogen) atoms. The number of hydrogen-bond acceptors (Lipinski definition) is 3. The maximum absolute atomic E-state index is 13.6. The van der Waals surface area contributed by atoms with Gasteiger partial charge in [0.2, 0.25) is 0 Å². The Morgan fingerprint density at radius 3 is 2.62 bits per heavy atom. The van der Waals surface area contributed by atoms with Gasteiger partial charge in [-0.3, -0.25) is 4.99 Å². The first kappa shape index (κ1) is 18.0. The number of amides is 1. The van der Waals surface area contributed by atoms with Gasteiger partial charge in [-0.15, -0.1) is 0 Å². The maximum Gasteiger partial charge on any atom is 0.410 e. The lowest BCUT2D eigenvalue weighted by molar-refractivity contribution is 0.00701. The minimum Gasteiger partial charge on any atom is -0.444 e. The predicted molar refractivity (Wildman–Crippen MR) is 91.3 cm³/mol. The molecule has 2 N–H and O–H groups in total. The molecule has 0 spiro atoms. The fourth-order valence-corrected chi connectivity index (χ4v) is 2.25. The number of aliphatic imine (C=N–C) groups is 1. The Labute approximate surface area is 142 Å². The molecular formula is C17H25FN4O2. The number of rotatable bonds is 3. The van der Waals surface area contributed by atoms with Crippen LogP contribution in [0.1, 0.15) is 26.3 Å². The van der Waals surface area contributed by atoms with Crippen LogP contribution >= 0.6 is 0 Å². The van der Waals surface area contributed by atoms with Gasteiger partial charge in [-0.2, -0.15) is 0 Å². The highest BCUT2D eigenvalue weighted by atomic mass is 19.1. The molecule has 0 radical (unpaired) electrons. The molecule has 0 aliphatic carbocycles. The molecule has 132 valence electrons. The molecule has 1 aliphatic rings. The van der Waals surface area contributed by atoms with Crippen LogP contribution in [0.2, 0.25) is 0 Å². The van der Waals surface area contributed by atoms with Crippen molar-refractivity contribution in [3.63, 3.8) is 0 Å². The predicted octanol–water partition coefficient (Wildman–Crippen LogP) is 2.11. The van der Waals surface area contributed by atoms with E-state index in [1.54, 1.807) is 30.1 Å². The number of carbonyl (C=O) groups excluding carboxylic acids is 1. The highest BCUT2D eigenvalue weighted by Crippen LogP contribution is 2.15. The first-order chi connectivity index (χ1) is 11.3. The fraction of sp³-hybridized carbons (Fsp3) is 0.529. The zero-order valence-corrected chi connectivity index (χ0v) is 14.6. The highest BCUT2D eigenvalue weighted by Gasteiger charge is 2.34. The number of carbonyl (C=O) groups is 1. The van der Waals surface area contributed by atoms with Crippen molar-refractivity contribution in [3.05, 3.63) is 35.6 Å². The molecule has 0 bridgehead atoms. The van der Waals surface area contributed by atoms with Crippen molar-refractivity contribution >= 4 is 12.1 Å². The van der Waals surface area contributed by atoms with E-state index in [1.807, 2.05) is 20.8 Å². The minimum atomic E-state index is -0.493. The van der Waals surface area contributed by atoms with Crippen LogP contribution in [0.25, 0.3) is 0 Å². The van der Waals surface area contributed by atoms with Crippen LogP contribution in [0, 0.1) is 5.82 Å². The van der Waals surface area contributed by atoms with E-state index in [4.69, 9.17) is 4.74 Å². The smallest absolute Gasteiger partial charge is 0.410 e. The van der Waals surface area contributed by atoms with E-state index in [9.17, 15) is 9.18 Å². The van der Waals surface area contributed by atoms with Crippen LogP contribution in [-0.4, -0.2) is 48.7 Å². The van der Waals surface area contributed by atoms with Gasteiger partial charge in [0.05, 0.1) is 6.04 Å². The van der Waals surface area contributed by atoms with Crippen molar-refractivity contribution in [2.45, 2.75) is 39.0 Å². The van der Waals surface area contributed by atoms with Crippen LogP contribution in [0.5, 0.6) is 0 Å². The lowest BCUT2D eigenvalue weighted by Gasteiger charge is -2.40. The van der Waals surface area contributed by atoms with Crippen molar-refractivity contribution in [2.75, 3.05) is 20.1 Å². The topological polar surface area (TPSA) is 66.0 Å². The Morgan fingerprint density at radius 1 is 1.38 bits per heavy atom. The van der Waals surface area contributed by atoms with E-state index in [2.05, 4.69) is 15.6 Å². The molecular weight excluding hydrogens is 311 g/mol. The summed E-state index contributed by atoms with van der Waals surface area (Å²) >= 11 is 0. The number of hydrogen-bond donors (Lipinski definition) is 2. The first-order valence-corrected chi connectivity index (χ1v) is 7.97. The van der Waals surface area contributed by atoms with Crippen molar-refractivity contribution < 1.29 is 13.9 Å². The zero-order chi connectivity index (χ0) is 17.7. The fourth-order valence-electron chi connectivity index (χ4n) is 2.25. The van der Waals surface area contributed by atoms with E-state index in [0.717, 1.165) is 0 Å². The van der Waals surface area contributed by atoms with Gasteiger partial charge in [-0.1, -0.05) is 18.2 Å². The molecule has 1 aliphatic heterocycles. The van der Waals surface area contributed by atoms with Gasteiger partial charge in [0, 0.05) is 32.2 Å². The minimum absolute atomic E-state index is 0.101. The monoisotopic (exact) mass is 336 g/mol. The quantitative estimate of drug-likeness (QED) is 0.655. The number of halogens is 1. The Balaban J connectivity index is 1.75. The molecule has 6 nitrogen and oxygen atoms in total. The molecule has 1 heterocycles. The molecule has 7 heteroatoms. The number of likely N-dealkylation sites (tertiary alicyclic amines) is 1.